The maximum atomic E-state index is 13.3. The van der Waals surface area contributed by atoms with E-state index in [1.807, 2.05) is 37.2 Å². The van der Waals surface area contributed by atoms with E-state index in [4.69, 9.17) is 4.74 Å². The number of fused-ring (bicyclic) bond motifs is 1. The molecule has 146 valence electrons. The highest BCUT2D eigenvalue weighted by atomic mass is 16.5. The second-order valence-corrected chi connectivity index (χ2v) is 7.78. The number of anilines is 1. The number of benzene rings is 1. The lowest BCUT2D eigenvalue weighted by Gasteiger charge is -2.28. The minimum absolute atomic E-state index is 0.0683. The highest BCUT2D eigenvalue weighted by molar-refractivity contribution is 5.93. The van der Waals surface area contributed by atoms with Crippen LogP contribution in [0.15, 0.2) is 23.0 Å². The van der Waals surface area contributed by atoms with Gasteiger partial charge in [0.15, 0.2) is 5.43 Å². The van der Waals surface area contributed by atoms with Crippen LogP contribution >= 0.6 is 0 Å². The van der Waals surface area contributed by atoms with Gasteiger partial charge < -0.3 is 19.5 Å². The smallest absolute Gasteiger partial charge is 0.355 e. The summed E-state index contributed by atoms with van der Waals surface area (Å²) in [5, 5.41) is 0.619. The van der Waals surface area contributed by atoms with Crippen LogP contribution in [0.2, 0.25) is 0 Å². The number of H-pyrrole nitrogens is 1. The number of aromatic amines is 1. The van der Waals surface area contributed by atoms with Crippen molar-refractivity contribution in [3.8, 4) is 0 Å². The van der Waals surface area contributed by atoms with E-state index in [9.17, 15) is 9.59 Å². The number of rotatable bonds is 5. The van der Waals surface area contributed by atoms with Crippen LogP contribution in [-0.2, 0) is 11.3 Å². The van der Waals surface area contributed by atoms with Crippen molar-refractivity contribution in [2.75, 3.05) is 38.7 Å². The van der Waals surface area contributed by atoms with E-state index in [1.165, 1.54) is 11.3 Å². The lowest BCUT2D eigenvalue weighted by atomic mass is 9.99. The average Bonchev–Trinajstić information content (AvgIpc) is 2.63. The normalized spacial score (nSPS) is 19.9. The first-order valence-electron chi connectivity index (χ1n) is 9.77. The van der Waals surface area contributed by atoms with Gasteiger partial charge in [-0.25, -0.2) is 4.79 Å². The molecule has 2 aromatic rings. The van der Waals surface area contributed by atoms with E-state index < -0.39 is 5.97 Å². The Morgan fingerprint density at radius 1 is 1.37 bits per heavy atom. The van der Waals surface area contributed by atoms with Gasteiger partial charge in [0.25, 0.3) is 0 Å². The first-order valence-corrected chi connectivity index (χ1v) is 9.77. The van der Waals surface area contributed by atoms with Gasteiger partial charge in [-0.1, -0.05) is 6.92 Å². The summed E-state index contributed by atoms with van der Waals surface area (Å²) in [4.78, 5) is 32.4. The summed E-state index contributed by atoms with van der Waals surface area (Å²) in [5.41, 5.74) is 2.40. The zero-order chi connectivity index (χ0) is 19.6. The van der Waals surface area contributed by atoms with Crippen LogP contribution in [0.3, 0.4) is 0 Å². The number of carbonyl (C=O) groups excluding carboxylic acids is 1. The number of likely N-dealkylation sites (tertiary alicyclic amines) is 1. The number of piperidine rings is 1. The molecule has 2 heterocycles. The molecule has 3 rings (SSSR count). The number of pyridine rings is 1. The highest BCUT2D eigenvalue weighted by Crippen LogP contribution is 2.19. The molecule has 1 aliphatic heterocycles. The molecule has 27 heavy (non-hydrogen) atoms. The molecule has 2 atom stereocenters. The van der Waals surface area contributed by atoms with E-state index in [0.29, 0.717) is 34.6 Å². The maximum absolute atomic E-state index is 13.3. The van der Waals surface area contributed by atoms with Crippen LogP contribution in [0.5, 0.6) is 0 Å². The minimum atomic E-state index is -0.451. The van der Waals surface area contributed by atoms with E-state index in [2.05, 4.69) is 11.9 Å². The average molecular weight is 372 g/mol. The molecule has 0 spiro atoms. The lowest BCUT2D eigenvalue weighted by molar-refractivity contribution is -0.922. The van der Waals surface area contributed by atoms with Crippen LogP contribution in [0.1, 0.15) is 42.7 Å². The van der Waals surface area contributed by atoms with Gasteiger partial charge in [0.2, 0.25) is 0 Å². The Kier molecular flexibility index (Phi) is 5.85. The fraction of sp³-hybridized carbons (Fsp3) is 0.524. The second kappa shape index (κ2) is 8.13. The van der Waals surface area contributed by atoms with E-state index >= 15 is 0 Å². The molecular weight excluding hydrogens is 342 g/mol. The van der Waals surface area contributed by atoms with E-state index in [-0.39, 0.29) is 12.0 Å². The van der Waals surface area contributed by atoms with Gasteiger partial charge in [0.05, 0.1) is 30.8 Å². The Hall–Kier alpha value is -2.34. The third-order valence-corrected chi connectivity index (χ3v) is 5.37. The molecule has 0 bridgehead atoms. The first kappa shape index (κ1) is 19.4. The molecular formula is C21H30N3O3+. The maximum Gasteiger partial charge on any atom is 0.355 e. The molecule has 1 fully saturated rings. The van der Waals surface area contributed by atoms with Crippen LogP contribution in [-0.4, -0.2) is 44.7 Å². The fourth-order valence-electron chi connectivity index (χ4n) is 3.95. The molecule has 2 N–H and O–H groups in total. The van der Waals surface area contributed by atoms with Gasteiger partial charge in [-0.05, 0) is 38.0 Å². The van der Waals surface area contributed by atoms with Crippen molar-refractivity contribution in [2.45, 2.75) is 33.2 Å². The molecule has 1 saturated heterocycles. The lowest BCUT2D eigenvalue weighted by Crippen LogP contribution is -3.12. The Bertz CT molecular complexity index is 888. The summed E-state index contributed by atoms with van der Waals surface area (Å²) in [5.74, 6) is 0.187. The number of ether oxygens (including phenoxy) is 1. The Morgan fingerprint density at radius 3 is 2.81 bits per heavy atom. The summed E-state index contributed by atoms with van der Waals surface area (Å²) in [7, 11) is 3.89. The molecule has 0 aliphatic carbocycles. The molecule has 0 saturated carbocycles. The van der Waals surface area contributed by atoms with Crippen LogP contribution in [0.25, 0.3) is 10.9 Å². The molecule has 1 aliphatic rings. The number of carbonyl (C=O) groups is 1. The minimum Gasteiger partial charge on any atom is -0.461 e. The zero-order valence-electron chi connectivity index (χ0n) is 16.7. The van der Waals surface area contributed by atoms with Gasteiger partial charge in [-0.2, -0.15) is 0 Å². The van der Waals surface area contributed by atoms with Crippen molar-refractivity contribution in [1.29, 1.82) is 0 Å². The molecule has 1 aromatic carbocycles. The molecule has 0 radical (unpaired) electrons. The second-order valence-electron chi connectivity index (χ2n) is 7.78. The molecule has 6 nitrogen and oxygen atoms in total. The van der Waals surface area contributed by atoms with Gasteiger partial charge >= 0.3 is 5.97 Å². The topological polar surface area (TPSA) is 66.8 Å². The van der Waals surface area contributed by atoms with Crippen molar-refractivity contribution >= 4 is 22.6 Å². The number of aromatic nitrogens is 1. The number of nitrogens with one attached hydrogen (secondary N) is 2. The van der Waals surface area contributed by atoms with E-state index in [0.717, 1.165) is 25.2 Å². The monoisotopic (exact) mass is 372 g/mol. The third-order valence-electron chi connectivity index (χ3n) is 5.37. The van der Waals surface area contributed by atoms with Crippen molar-refractivity contribution < 1.29 is 14.4 Å². The van der Waals surface area contributed by atoms with Gasteiger partial charge in [0.1, 0.15) is 12.2 Å². The van der Waals surface area contributed by atoms with Gasteiger partial charge in [-0.15, -0.1) is 0 Å². The zero-order valence-corrected chi connectivity index (χ0v) is 16.7. The van der Waals surface area contributed by atoms with E-state index in [1.54, 1.807) is 6.92 Å². The largest absolute Gasteiger partial charge is 0.461 e. The molecule has 6 heteroatoms. The fourth-order valence-corrected chi connectivity index (χ4v) is 3.95. The Morgan fingerprint density at radius 2 is 2.15 bits per heavy atom. The van der Waals surface area contributed by atoms with Crippen molar-refractivity contribution in [2.24, 2.45) is 5.92 Å². The number of hydrogen-bond donors (Lipinski definition) is 2. The van der Waals surface area contributed by atoms with Crippen molar-refractivity contribution in [3.05, 3.63) is 39.7 Å². The Labute approximate surface area is 160 Å². The number of nitrogens with zero attached hydrogens (tertiary/aromatic N) is 1. The van der Waals surface area contributed by atoms with Crippen LogP contribution < -0.4 is 15.2 Å². The number of quaternary nitrogens is 1. The molecule has 1 aromatic heterocycles. The summed E-state index contributed by atoms with van der Waals surface area (Å²) in [6, 6.07) is 5.68. The predicted molar refractivity (Wildman–Crippen MR) is 108 cm³/mol. The number of hydrogen-bond acceptors (Lipinski definition) is 4. The first-order chi connectivity index (χ1) is 12.9. The summed E-state index contributed by atoms with van der Waals surface area (Å²) in [6.45, 7) is 6.91. The van der Waals surface area contributed by atoms with Crippen LogP contribution in [0, 0.1) is 5.92 Å². The Balaban J connectivity index is 2.11. The summed E-state index contributed by atoms with van der Waals surface area (Å²) >= 11 is 0. The van der Waals surface area contributed by atoms with Crippen LogP contribution in [0.4, 0.5) is 5.69 Å². The predicted octanol–water partition coefficient (Wildman–Crippen LogP) is 1.59. The molecule has 0 amide bonds. The SMILES string of the molecule is CCOC(=O)c1[nH]c2ccc(N(C)C)cc2c(=O)c1C[NH+]1CCC[C@@H](C)C1. The van der Waals surface area contributed by atoms with Gasteiger partial charge in [0, 0.05) is 31.1 Å². The van der Waals surface area contributed by atoms with Gasteiger partial charge in [-0.3, -0.25) is 4.79 Å². The number of esters is 1. The molecule has 1 unspecified atom stereocenters. The quantitative estimate of drug-likeness (QED) is 0.782. The highest BCUT2D eigenvalue weighted by Gasteiger charge is 2.26. The summed E-state index contributed by atoms with van der Waals surface area (Å²) < 4.78 is 5.22. The summed E-state index contributed by atoms with van der Waals surface area (Å²) in [6.07, 6.45) is 2.38. The van der Waals surface area contributed by atoms with Crippen molar-refractivity contribution in [1.82, 2.24) is 4.98 Å². The van der Waals surface area contributed by atoms with Crippen molar-refractivity contribution in [3.63, 3.8) is 0 Å². The third kappa shape index (κ3) is 4.16. The standard InChI is InChI=1S/C21H29N3O3/c1-5-27-21(26)19-17(13-24-10-6-7-14(2)12-24)20(25)16-11-15(23(3)4)8-9-18(16)22-19/h8-9,11,14H,5-7,10,12-13H2,1-4H3,(H,22,25)/p+1/t14-/m1/s1.